The molecular formula is C34H36NO2+. The van der Waals surface area contributed by atoms with Crippen molar-refractivity contribution in [1.29, 1.82) is 0 Å². The number of aromatic nitrogens is 1. The second-order valence-electron chi connectivity index (χ2n) is 10.6. The zero-order valence-electron chi connectivity index (χ0n) is 22.8. The lowest BCUT2D eigenvalue weighted by molar-refractivity contribution is -0.771. The van der Waals surface area contributed by atoms with E-state index >= 15 is 0 Å². The normalized spacial score (nSPS) is 21.8. The second kappa shape index (κ2) is 8.56. The first kappa shape index (κ1) is 23.9. The van der Waals surface area contributed by atoms with E-state index in [0.717, 1.165) is 18.6 Å². The maximum absolute atomic E-state index is 7.05. The third-order valence-corrected chi connectivity index (χ3v) is 8.72. The molecule has 2 unspecified atom stereocenters. The van der Waals surface area contributed by atoms with Crippen LogP contribution < -0.4 is 4.57 Å². The first-order valence-corrected chi connectivity index (χ1v) is 13.6. The van der Waals surface area contributed by atoms with Crippen LogP contribution in [0.25, 0.3) is 33.3 Å². The van der Waals surface area contributed by atoms with Gasteiger partial charge < -0.3 is 9.47 Å². The van der Waals surface area contributed by atoms with E-state index in [2.05, 4.69) is 125 Å². The molecule has 37 heavy (non-hydrogen) atoms. The number of fused-ring (bicyclic) bond motifs is 6. The van der Waals surface area contributed by atoms with Gasteiger partial charge in [0.15, 0.2) is 0 Å². The van der Waals surface area contributed by atoms with Gasteiger partial charge in [0.2, 0.25) is 16.7 Å². The van der Waals surface area contributed by atoms with Crippen LogP contribution in [0.15, 0.2) is 84.6 Å². The number of rotatable bonds is 3. The summed E-state index contributed by atoms with van der Waals surface area (Å²) in [6, 6.07) is 26.5. The molecule has 0 bridgehead atoms. The standard InChI is InChI=1S/C34H36NO2/c1-7-33(8-2)34(36-23(4)20-24(5)37-34)32-25(6)22(3)18-19-28(32)31-21-29(26-14-10-9-11-15-26)27-16-12-13-17-30(27)35(31)33/h9-21,23H,7-8H2,1-6H3/q+1. The van der Waals surface area contributed by atoms with Crippen molar-refractivity contribution >= 4 is 10.9 Å². The molecule has 6 rings (SSSR count). The fraction of sp³-hybridized carbons (Fsp3) is 0.324. The molecule has 1 aromatic heterocycles. The smallest absolute Gasteiger partial charge is 0.304 e. The molecule has 1 spiro atoms. The van der Waals surface area contributed by atoms with Gasteiger partial charge >= 0.3 is 5.79 Å². The Kier molecular flexibility index (Phi) is 5.54. The highest BCUT2D eigenvalue weighted by molar-refractivity contribution is 5.95. The van der Waals surface area contributed by atoms with Crippen molar-refractivity contribution in [2.75, 3.05) is 0 Å². The van der Waals surface area contributed by atoms with Gasteiger partial charge in [0.1, 0.15) is 0 Å². The van der Waals surface area contributed by atoms with Crippen molar-refractivity contribution in [2.45, 2.75) is 71.8 Å². The van der Waals surface area contributed by atoms with Gasteiger partial charge in [-0.05, 0) is 62.6 Å². The van der Waals surface area contributed by atoms with E-state index in [1.54, 1.807) is 0 Å². The zero-order valence-corrected chi connectivity index (χ0v) is 22.8. The van der Waals surface area contributed by atoms with Gasteiger partial charge in [0, 0.05) is 36.1 Å². The average molecular weight is 491 g/mol. The molecule has 3 aromatic carbocycles. The zero-order chi connectivity index (χ0) is 25.9. The first-order chi connectivity index (χ1) is 17.9. The molecule has 2 atom stereocenters. The Labute approximate surface area is 220 Å². The largest absolute Gasteiger partial charge is 0.456 e. The summed E-state index contributed by atoms with van der Waals surface area (Å²) in [5.74, 6) is -0.0133. The van der Waals surface area contributed by atoms with E-state index in [9.17, 15) is 0 Å². The minimum absolute atomic E-state index is 0.0593. The topological polar surface area (TPSA) is 22.3 Å². The van der Waals surface area contributed by atoms with Crippen molar-refractivity contribution in [3.05, 3.63) is 101 Å². The number of aryl methyl sites for hydroxylation is 1. The molecule has 0 aliphatic carbocycles. The van der Waals surface area contributed by atoms with E-state index in [4.69, 9.17) is 9.47 Å². The highest BCUT2D eigenvalue weighted by atomic mass is 16.7. The molecule has 0 fully saturated rings. The molecule has 0 saturated carbocycles. The number of pyridine rings is 1. The minimum atomic E-state index is -0.936. The Morgan fingerprint density at radius 2 is 1.54 bits per heavy atom. The molecule has 0 N–H and O–H groups in total. The number of para-hydroxylation sites is 1. The monoisotopic (exact) mass is 490 g/mol. The van der Waals surface area contributed by atoms with Gasteiger partial charge in [-0.3, -0.25) is 0 Å². The summed E-state index contributed by atoms with van der Waals surface area (Å²) in [5.41, 5.74) is 9.30. The summed E-state index contributed by atoms with van der Waals surface area (Å²) in [5, 5.41) is 1.24. The molecule has 4 aromatic rings. The van der Waals surface area contributed by atoms with E-state index in [-0.39, 0.29) is 6.10 Å². The van der Waals surface area contributed by atoms with Crippen molar-refractivity contribution in [3.8, 4) is 22.4 Å². The number of allylic oxidation sites excluding steroid dienone is 1. The van der Waals surface area contributed by atoms with E-state index in [0.29, 0.717) is 0 Å². The quantitative estimate of drug-likeness (QED) is 0.271. The van der Waals surface area contributed by atoms with Gasteiger partial charge in [-0.1, -0.05) is 62.4 Å². The molecule has 2 aliphatic rings. The molecule has 3 heterocycles. The fourth-order valence-electron chi connectivity index (χ4n) is 6.91. The van der Waals surface area contributed by atoms with Crippen molar-refractivity contribution in [1.82, 2.24) is 0 Å². The van der Waals surface area contributed by atoms with Crippen LogP contribution in [0.2, 0.25) is 0 Å². The predicted octanol–water partition coefficient (Wildman–Crippen LogP) is 8.10. The number of hydrogen-bond acceptors (Lipinski definition) is 2. The van der Waals surface area contributed by atoms with Gasteiger partial charge in [0.05, 0.1) is 22.8 Å². The highest BCUT2D eigenvalue weighted by Crippen LogP contribution is 2.56. The van der Waals surface area contributed by atoms with E-state index in [1.165, 1.54) is 50.0 Å². The molecule has 0 saturated heterocycles. The van der Waals surface area contributed by atoms with Crippen LogP contribution in [0.3, 0.4) is 0 Å². The molecule has 0 radical (unpaired) electrons. The van der Waals surface area contributed by atoms with Gasteiger partial charge in [-0.25, -0.2) is 0 Å². The molecule has 2 aliphatic heterocycles. The van der Waals surface area contributed by atoms with Gasteiger partial charge in [-0.15, -0.1) is 0 Å². The van der Waals surface area contributed by atoms with Gasteiger partial charge in [0.25, 0.3) is 0 Å². The molecule has 3 nitrogen and oxygen atoms in total. The van der Waals surface area contributed by atoms with E-state index in [1.807, 2.05) is 0 Å². The Hall–Kier alpha value is -3.43. The Bertz CT molecular complexity index is 1550. The summed E-state index contributed by atoms with van der Waals surface area (Å²) in [6.45, 7) is 13.2. The number of hydrogen-bond donors (Lipinski definition) is 0. The Morgan fingerprint density at radius 3 is 2.24 bits per heavy atom. The summed E-state index contributed by atoms with van der Waals surface area (Å²) >= 11 is 0. The van der Waals surface area contributed by atoms with Crippen molar-refractivity contribution in [2.24, 2.45) is 0 Å². The van der Waals surface area contributed by atoms with Crippen LogP contribution in [0, 0.1) is 13.8 Å². The van der Waals surface area contributed by atoms with Crippen LogP contribution in [-0.2, 0) is 20.8 Å². The summed E-state index contributed by atoms with van der Waals surface area (Å²) in [4.78, 5) is 0. The third kappa shape index (κ3) is 3.20. The summed E-state index contributed by atoms with van der Waals surface area (Å²) in [6.07, 6.45) is 3.75. The molecule has 0 amide bonds. The summed E-state index contributed by atoms with van der Waals surface area (Å²) < 4.78 is 16.6. The first-order valence-electron chi connectivity index (χ1n) is 13.6. The average Bonchev–Trinajstić information content (AvgIpc) is 2.90. The molecule has 3 heteroatoms. The maximum Gasteiger partial charge on any atom is 0.304 e. The van der Waals surface area contributed by atoms with Crippen LogP contribution in [0.1, 0.15) is 57.2 Å². The predicted molar refractivity (Wildman–Crippen MR) is 150 cm³/mol. The fourth-order valence-corrected chi connectivity index (χ4v) is 6.91. The summed E-state index contributed by atoms with van der Waals surface area (Å²) in [7, 11) is 0. The lowest BCUT2D eigenvalue weighted by Crippen LogP contribution is -2.72. The number of ether oxygens (including phenoxy) is 2. The number of nitrogens with zero attached hydrogens (tertiary/aromatic N) is 1. The number of benzene rings is 3. The van der Waals surface area contributed by atoms with Crippen LogP contribution in [0.5, 0.6) is 0 Å². The van der Waals surface area contributed by atoms with Crippen LogP contribution in [0.4, 0.5) is 0 Å². The van der Waals surface area contributed by atoms with Crippen LogP contribution in [-0.4, -0.2) is 6.10 Å². The maximum atomic E-state index is 7.05. The highest BCUT2D eigenvalue weighted by Gasteiger charge is 2.68. The lowest BCUT2D eigenvalue weighted by Gasteiger charge is -2.51. The Morgan fingerprint density at radius 1 is 0.838 bits per heavy atom. The minimum Gasteiger partial charge on any atom is -0.456 e. The Balaban J connectivity index is 1.83. The second-order valence-corrected chi connectivity index (χ2v) is 10.6. The van der Waals surface area contributed by atoms with E-state index < -0.39 is 11.3 Å². The SMILES string of the molecule is CCC1(CC)[n+]2c(cc(-c3ccccc3)c3ccccc32)-c2ccc(C)c(C)c2C12OC(C)=CC(C)O2. The van der Waals surface area contributed by atoms with Crippen LogP contribution >= 0.6 is 0 Å². The molecular weight excluding hydrogens is 454 g/mol. The third-order valence-electron chi connectivity index (χ3n) is 8.72. The molecule has 188 valence electrons. The lowest BCUT2D eigenvalue weighted by atomic mass is 9.70. The van der Waals surface area contributed by atoms with Crippen molar-refractivity contribution in [3.63, 3.8) is 0 Å². The van der Waals surface area contributed by atoms with Crippen molar-refractivity contribution < 1.29 is 14.0 Å². The van der Waals surface area contributed by atoms with Gasteiger partial charge in [-0.2, -0.15) is 4.57 Å².